The number of hydrogen-bond donors (Lipinski definition) is 1. The van der Waals surface area contributed by atoms with E-state index in [0.29, 0.717) is 11.5 Å². The normalized spacial score (nSPS) is 21.5. The van der Waals surface area contributed by atoms with E-state index < -0.39 is 15.5 Å². The number of aliphatic hydroxyl groups excluding tert-OH is 1. The molecule has 1 heterocycles. The molecule has 1 saturated carbocycles. The van der Waals surface area contributed by atoms with E-state index in [1.165, 1.54) is 17.5 Å². The lowest BCUT2D eigenvalue weighted by Gasteiger charge is -2.32. The van der Waals surface area contributed by atoms with E-state index in [9.17, 15) is 9.32 Å². The van der Waals surface area contributed by atoms with Gasteiger partial charge in [0.2, 0.25) is 0 Å². The van der Waals surface area contributed by atoms with Gasteiger partial charge in [-0.15, -0.1) is 0 Å². The van der Waals surface area contributed by atoms with Crippen molar-refractivity contribution in [3.05, 3.63) is 63.4 Å². The fraction of sp³-hybridized carbons (Fsp3) is 0.417. The molecule has 148 valence electrons. The van der Waals surface area contributed by atoms with Gasteiger partial charge in [0.05, 0.1) is 5.75 Å². The number of benzene rings is 2. The van der Waals surface area contributed by atoms with E-state index in [0.717, 1.165) is 58.5 Å². The Morgan fingerprint density at radius 3 is 2.21 bits per heavy atom. The van der Waals surface area contributed by atoms with Crippen LogP contribution in [0.2, 0.25) is 5.02 Å². The van der Waals surface area contributed by atoms with E-state index in [1.807, 2.05) is 24.3 Å². The molecule has 0 bridgehead atoms. The molecule has 1 N–H and O–H groups in total. The minimum absolute atomic E-state index is 0.391. The van der Waals surface area contributed by atoms with Crippen LogP contribution in [0.1, 0.15) is 54.4 Å². The first-order chi connectivity index (χ1) is 13.3. The minimum Gasteiger partial charge on any atom is -0.510 e. The highest BCUT2D eigenvalue weighted by Gasteiger charge is 2.48. The van der Waals surface area contributed by atoms with Crippen LogP contribution < -0.4 is 0 Å². The summed E-state index contributed by atoms with van der Waals surface area (Å²) >= 11 is 6.08. The predicted octanol–water partition coefficient (Wildman–Crippen LogP) is 6.67. The molecule has 2 aromatic rings. The molecule has 4 rings (SSSR count). The van der Waals surface area contributed by atoms with Crippen molar-refractivity contribution in [1.82, 2.24) is 0 Å². The average Bonchev–Trinajstić information content (AvgIpc) is 2.89. The second-order valence-electron chi connectivity index (χ2n) is 8.26. The summed E-state index contributed by atoms with van der Waals surface area (Å²) in [6, 6.07) is 10.1. The summed E-state index contributed by atoms with van der Waals surface area (Å²) in [4.78, 5) is 0. The largest absolute Gasteiger partial charge is 0.510 e. The molecule has 2 aliphatic rings. The molecule has 1 unspecified atom stereocenters. The van der Waals surface area contributed by atoms with Gasteiger partial charge < -0.3 is 5.11 Å². The average molecular weight is 415 g/mol. The van der Waals surface area contributed by atoms with Crippen LogP contribution in [0.5, 0.6) is 0 Å². The van der Waals surface area contributed by atoms with Gasteiger partial charge in [0, 0.05) is 21.4 Å². The summed E-state index contributed by atoms with van der Waals surface area (Å²) in [5.41, 5.74) is 7.74. The van der Waals surface area contributed by atoms with Crippen LogP contribution >= 0.6 is 11.6 Å². The molecule has 0 radical (unpaired) electrons. The number of aryl methyl sites for hydroxylation is 2. The van der Waals surface area contributed by atoms with E-state index in [-0.39, 0.29) is 0 Å². The second-order valence-corrected chi connectivity index (χ2v) is 10.5. The van der Waals surface area contributed by atoms with E-state index in [1.54, 1.807) is 0 Å². The van der Waals surface area contributed by atoms with Gasteiger partial charge in [-0.1, -0.05) is 49.1 Å². The highest BCUT2D eigenvalue weighted by atomic mass is 35.5. The molecule has 1 aliphatic heterocycles. The van der Waals surface area contributed by atoms with Crippen molar-refractivity contribution in [2.45, 2.75) is 57.6 Å². The number of halogens is 1. The quantitative estimate of drug-likeness (QED) is 0.595. The van der Waals surface area contributed by atoms with Crippen molar-refractivity contribution < 1.29 is 9.32 Å². The molecule has 1 atom stereocenters. The van der Waals surface area contributed by atoms with Crippen molar-refractivity contribution in [3.63, 3.8) is 0 Å². The van der Waals surface area contributed by atoms with Crippen LogP contribution in [0, 0.1) is 20.8 Å². The number of hydrogen-bond acceptors (Lipinski definition) is 2. The number of aliphatic hydroxyl groups is 1. The molecular weight excluding hydrogens is 388 g/mol. The Bertz CT molecular complexity index is 983. The molecule has 28 heavy (non-hydrogen) atoms. The van der Waals surface area contributed by atoms with Crippen molar-refractivity contribution in [2.75, 3.05) is 5.75 Å². The van der Waals surface area contributed by atoms with Gasteiger partial charge >= 0.3 is 0 Å². The first kappa shape index (κ1) is 19.7. The fourth-order valence-corrected chi connectivity index (χ4v) is 7.24. The lowest BCUT2D eigenvalue weighted by atomic mass is 9.82. The molecule has 0 aromatic heterocycles. The Balaban J connectivity index is 1.90. The molecule has 0 amide bonds. The zero-order valence-electron chi connectivity index (χ0n) is 16.8. The van der Waals surface area contributed by atoms with Gasteiger partial charge in [0.1, 0.15) is 10.5 Å². The number of rotatable bonds is 2. The van der Waals surface area contributed by atoms with Gasteiger partial charge in [-0.05, 0) is 79.1 Å². The first-order valence-electron chi connectivity index (χ1n) is 10.0. The monoisotopic (exact) mass is 414 g/mol. The van der Waals surface area contributed by atoms with E-state index >= 15 is 0 Å². The van der Waals surface area contributed by atoms with E-state index in [4.69, 9.17) is 11.6 Å². The highest BCUT2D eigenvalue weighted by molar-refractivity contribution is 7.87. The topological polar surface area (TPSA) is 37.3 Å². The smallest absolute Gasteiger partial charge is 0.116 e. The summed E-state index contributed by atoms with van der Waals surface area (Å²) in [5.74, 6) is 0.846. The summed E-state index contributed by atoms with van der Waals surface area (Å²) < 4.78 is 12.6. The predicted molar refractivity (Wildman–Crippen MR) is 119 cm³/mol. The van der Waals surface area contributed by atoms with Crippen molar-refractivity contribution in [2.24, 2.45) is 0 Å². The van der Waals surface area contributed by atoms with Crippen LogP contribution in [0.15, 0.2) is 36.1 Å². The SMILES string of the molecule is Cc1cc(C)c(-c2ccc(Cl)cc2)c(C)c1C1=C(O)C2(CCCCC2)S(=O)C1. The minimum atomic E-state index is -1.05. The Labute approximate surface area is 175 Å². The van der Waals surface area contributed by atoms with Crippen molar-refractivity contribution in [1.29, 1.82) is 0 Å². The summed E-state index contributed by atoms with van der Waals surface area (Å²) in [5, 5.41) is 12.0. The van der Waals surface area contributed by atoms with Gasteiger partial charge in [-0.2, -0.15) is 0 Å². The maximum Gasteiger partial charge on any atom is 0.116 e. The third-order valence-electron chi connectivity index (χ3n) is 6.50. The van der Waals surface area contributed by atoms with Gasteiger partial charge in [0.15, 0.2) is 0 Å². The lowest BCUT2D eigenvalue weighted by molar-refractivity contribution is 0.302. The first-order valence-corrected chi connectivity index (χ1v) is 11.7. The van der Waals surface area contributed by atoms with Crippen LogP contribution in [-0.2, 0) is 10.8 Å². The molecule has 2 nitrogen and oxygen atoms in total. The van der Waals surface area contributed by atoms with E-state index in [2.05, 4.69) is 26.8 Å². The summed E-state index contributed by atoms with van der Waals surface area (Å²) in [6.45, 7) is 6.34. The highest BCUT2D eigenvalue weighted by Crippen LogP contribution is 2.48. The van der Waals surface area contributed by atoms with Crippen LogP contribution in [0.25, 0.3) is 16.7 Å². The molecule has 1 fully saturated rings. The Morgan fingerprint density at radius 1 is 0.964 bits per heavy atom. The standard InChI is InChI=1S/C24H27ClO2S/c1-15-13-16(2)22(17(3)21(15)18-7-9-19(25)10-8-18)20-14-28(27)24(23(20)26)11-5-4-6-12-24/h7-10,13,26H,4-6,11-12,14H2,1-3H3. The third kappa shape index (κ3) is 3.04. The molecule has 0 saturated heterocycles. The maximum atomic E-state index is 13.1. The van der Waals surface area contributed by atoms with Crippen LogP contribution in [-0.4, -0.2) is 19.8 Å². The zero-order valence-corrected chi connectivity index (χ0v) is 18.3. The van der Waals surface area contributed by atoms with Crippen molar-refractivity contribution in [3.8, 4) is 11.1 Å². The lowest BCUT2D eigenvalue weighted by Crippen LogP contribution is -2.36. The second kappa shape index (κ2) is 7.35. The molecular formula is C24H27ClO2S. The van der Waals surface area contributed by atoms with Gasteiger partial charge in [-0.3, -0.25) is 4.21 Å². The molecule has 2 aromatic carbocycles. The molecule has 4 heteroatoms. The summed E-state index contributed by atoms with van der Waals surface area (Å²) in [6.07, 6.45) is 4.94. The Kier molecular flexibility index (Phi) is 5.18. The molecule has 1 spiro atoms. The fourth-order valence-electron chi connectivity index (χ4n) is 5.21. The van der Waals surface area contributed by atoms with Gasteiger partial charge in [-0.25, -0.2) is 0 Å². The van der Waals surface area contributed by atoms with Crippen LogP contribution in [0.3, 0.4) is 0 Å². The zero-order chi connectivity index (χ0) is 20.1. The van der Waals surface area contributed by atoms with Gasteiger partial charge in [0.25, 0.3) is 0 Å². The Morgan fingerprint density at radius 2 is 1.57 bits per heavy atom. The third-order valence-corrected chi connectivity index (χ3v) is 8.77. The molecule has 1 aliphatic carbocycles. The van der Waals surface area contributed by atoms with Crippen molar-refractivity contribution >= 4 is 28.0 Å². The maximum absolute atomic E-state index is 13.1. The van der Waals surface area contributed by atoms with Crippen LogP contribution in [0.4, 0.5) is 0 Å². The summed E-state index contributed by atoms with van der Waals surface area (Å²) in [7, 11) is -1.05. The Hall–Kier alpha value is -1.58.